The van der Waals surface area contributed by atoms with Crippen LogP contribution in [0.2, 0.25) is 0 Å². The second-order valence-corrected chi connectivity index (χ2v) is 3.23. The Labute approximate surface area is 87.0 Å². The number of aromatic nitrogens is 3. The molecule has 0 atom stereocenters. The normalized spacial score (nSPS) is 11.5. The van der Waals surface area contributed by atoms with Gasteiger partial charge in [0.05, 0.1) is 11.9 Å². The molecule has 0 amide bonds. The maximum atomic E-state index is 5.57. The highest BCUT2D eigenvalue weighted by atomic mass is 35.5. The Kier molecular flexibility index (Phi) is 2.79. The van der Waals surface area contributed by atoms with Crippen molar-refractivity contribution in [2.75, 3.05) is 5.88 Å². The van der Waals surface area contributed by atoms with E-state index < -0.39 is 0 Å². The summed E-state index contributed by atoms with van der Waals surface area (Å²) in [6.45, 7) is 0. The third-order valence-corrected chi connectivity index (χ3v) is 2.09. The zero-order valence-electron chi connectivity index (χ0n) is 7.60. The predicted molar refractivity (Wildman–Crippen MR) is 57.4 cm³/mol. The molecule has 0 bridgehead atoms. The van der Waals surface area contributed by atoms with Crippen molar-refractivity contribution in [3.63, 3.8) is 0 Å². The molecule has 14 heavy (non-hydrogen) atoms. The van der Waals surface area contributed by atoms with Crippen LogP contribution in [0.5, 0.6) is 0 Å². The van der Waals surface area contributed by atoms with Crippen LogP contribution in [0.3, 0.4) is 0 Å². The van der Waals surface area contributed by atoms with Gasteiger partial charge in [-0.3, -0.25) is 0 Å². The monoisotopic (exact) mass is 207 g/mol. The number of alkyl halides is 1. The molecule has 2 aromatic rings. The van der Waals surface area contributed by atoms with Gasteiger partial charge in [-0.25, -0.2) is 9.50 Å². The van der Waals surface area contributed by atoms with Gasteiger partial charge in [0.2, 0.25) is 0 Å². The number of halogens is 1. The summed E-state index contributed by atoms with van der Waals surface area (Å²) in [6.07, 6.45) is 8.41. The first-order valence-corrected chi connectivity index (χ1v) is 4.96. The van der Waals surface area contributed by atoms with Crippen molar-refractivity contribution < 1.29 is 0 Å². The summed E-state index contributed by atoms with van der Waals surface area (Å²) in [6, 6.07) is 3.79. The molecule has 2 rings (SSSR count). The fourth-order valence-corrected chi connectivity index (χ4v) is 1.35. The molecule has 4 heteroatoms. The SMILES string of the molecule is ClCCC=Cc1cnc2cccnn12. The highest BCUT2D eigenvalue weighted by molar-refractivity contribution is 6.17. The summed E-state index contributed by atoms with van der Waals surface area (Å²) < 4.78 is 1.80. The van der Waals surface area contributed by atoms with Crippen molar-refractivity contribution >= 4 is 23.3 Å². The van der Waals surface area contributed by atoms with Crippen LogP contribution in [0.4, 0.5) is 0 Å². The van der Waals surface area contributed by atoms with E-state index in [1.54, 1.807) is 16.9 Å². The number of nitrogens with zero attached hydrogens (tertiary/aromatic N) is 3. The summed E-state index contributed by atoms with van der Waals surface area (Å²) in [5.41, 5.74) is 1.84. The third-order valence-electron chi connectivity index (χ3n) is 1.87. The molecule has 2 heterocycles. The molecule has 0 fully saturated rings. The van der Waals surface area contributed by atoms with Gasteiger partial charge in [-0.2, -0.15) is 5.10 Å². The van der Waals surface area contributed by atoms with Crippen molar-refractivity contribution in [2.24, 2.45) is 0 Å². The van der Waals surface area contributed by atoms with E-state index in [9.17, 15) is 0 Å². The molecule has 2 aromatic heterocycles. The van der Waals surface area contributed by atoms with E-state index in [4.69, 9.17) is 11.6 Å². The van der Waals surface area contributed by atoms with Gasteiger partial charge >= 0.3 is 0 Å². The van der Waals surface area contributed by atoms with Crippen molar-refractivity contribution in [2.45, 2.75) is 6.42 Å². The van der Waals surface area contributed by atoms with Crippen molar-refractivity contribution in [1.82, 2.24) is 14.6 Å². The van der Waals surface area contributed by atoms with Crippen LogP contribution in [0.25, 0.3) is 11.7 Å². The van der Waals surface area contributed by atoms with E-state index in [-0.39, 0.29) is 0 Å². The summed E-state index contributed by atoms with van der Waals surface area (Å²) in [4.78, 5) is 4.21. The summed E-state index contributed by atoms with van der Waals surface area (Å²) in [5, 5.41) is 4.19. The molecule has 0 N–H and O–H groups in total. The third kappa shape index (κ3) is 1.77. The van der Waals surface area contributed by atoms with Gasteiger partial charge in [0.15, 0.2) is 5.65 Å². The molecule has 0 spiro atoms. The number of fused-ring (bicyclic) bond motifs is 1. The molecule has 0 radical (unpaired) electrons. The molecule has 3 nitrogen and oxygen atoms in total. The number of rotatable bonds is 3. The number of imidazole rings is 1. The average molecular weight is 208 g/mol. The molecule has 0 saturated heterocycles. The molecule has 0 unspecified atom stereocenters. The first-order valence-electron chi connectivity index (χ1n) is 4.43. The molecule has 0 aliphatic heterocycles. The van der Waals surface area contributed by atoms with E-state index in [0.29, 0.717) is 5.88 Å². The topological polar surface area (TPSA) is 30.2 Å². The second kappa shape index (κ2) is 4.24. The van der Waals surface area contributed by atoms with Crippen LogP contribution in [-0.2, 0) is 0 Å². The lowest BCUT2D eigenvalue weighted by molar-refractivity contribution is 0.925. The molecular formula is C10H10ClN3. The molecule has 0 saturated carbocycles. The largest absolute Gasteiger partial charge is 0.235 e. The van der Waals surface area contributed by atoms with E-state index >= 15 is 0 Å². The average Bonchev–Trinajstić information content (AvgIpc) is 2.63. The lowest BCUT2D eigenvalue weighted by Crippen LogP contribution is -1.91. The van der Waals surface area contributed by atoms with Crippen molar-refractivity contribution in [3.8, 4) is 0 Å². The minimum atomic E-state index is 0.640. The van der Waals surface area contributed by atoms with Crippen LogP contribution in [0.1, 0.15) is 12.1 Å². The fraction of sp³-hybridized carbons (Fsp3) is 0.200. The first-order chi connectivity index (χ1) is 6.92. The Morgan fingerprint density at radius 3 is 3.29 bits per heavy atom. The Bertz CT molecular complexity index is 447. The van der Waals surface area contributed by atoms with Gasteiger partial charge in [0, 0.05) is 12.1 Å². The highest BCUT2D eigenvalue weighted by Gasteiger charge is 1.98. The fourth-order valence-electron chi connectivity index (χ4n) is 1.23. The predicted octanol–water partition coefficient (Wildman–Crippen LogP) is 2.37. The summed E-state index contributed by atoms with van der Waals surface area (Å²) >= 11 is 5.57. The Morgan fingerprint density at radius 1 is 1.50 bits per heavy atom. The van der Waals surface area contributed by atoms with Crippen LogP contribution in [-0.4, -0.2) is 20.5 Å². The summed E-state index contributed by atoms with van der Waals surface area (Å²) in [7, 11) is 0. The zero-order valence-corrected chi connectivity index (χ0v) is 8.35. The zero-order chi connectivity index (χ0) is 9.80. The maximum Gasteiger partial charge on any atom is 0.154 e. The lowest BCUT2D eigenvalue weighted by Gasteiger charge is -1.92. The van der Waals surface area contributed by atoms with Gasteiger partial charge < -0.3 is 0 Å². The molecule has 0 aromatic carbocycles. The van der Waals surface area contributed by atoms with Crippen LogP contribution in [0, 0.1) is 0 Å². The van der Waals surface area contributed by atoms with Gasteiger partial charge in [-0.1, -0.05) is 6.08 Å². The van der Waals surface area contributed by atoms with E-state index in [2.05, 4.69) is 10.1 Å². The number of allylic oxidation sites excluding steroid dienone is 1. The quantitative estimate of drug-likeness (QED) is 0.724. The van der Waals surface area contributed by atoms with Gasteiger partial charge in [0.25, 0.3) is 0 Å². The number of hydrogen-bond acceptors (Lipinski definition) is 2. The van der Waals surface area contributed by atoms with Gasteiger partial charge in [0.1, 0.15) is 0 Å². The lowest BCUT2D eigenvalue weighted by atomic mass is 10.3. The van der Waals surface area contributed by atoms with Gasteiger partial charge in [-0.15, -0.1) is 11.6 Å². The first kappa shape index (κ1) is 9.21. The molecular weight excluding hydrogens is 198 g/mol. The highest BCUT2D eigenvalue weighted by Crippen LogP contribution is 2.05. The molecule has 0 aliphatic carbocycles. The molecule has 0 aliphatic rings. The summed E-state index contributed by atoms with van der Waals surface area (Å²) in [5.74, 6) is 0.640. The van der Waals surface area contributed by atoms with E-state index in [0.717, 1.165) is 17.8 Å². The van der Waals surface area contributed by atoms with Crippen molar-refractivity contribution in [3.05, 3.63) is 36.3 Å². The Morgan fingerprint density at radius 2 is 2.43 bits per heavy atom. The maximum absolute atomic E-state index is 5.57. The van der Waals surface area contributed by atoms with E-state index in [1.807, 2.05) is 24.3 Å². The van der Waals surface area contributed by atoms with Crippen LogP contribution >= 0.6 is 11.6 Å². The van der Waals surface area contributed by atoms with Crippen LogP contribution < -0.4 is 0 Å². The minimum absolute atomic E-state index is 0.640. The number of hydrogen-bond donors (Lipinski definition) is 0. The standard InChI is InChI=1S/C10H10ClN3/c11-6-2-1-4-9-8-12-10-5-3-7-13-14(9)10/h1,3-5,7-8H,2,6H2. The van der Waals surface area contributed by atoms with Gasteiger partial charge in [-0.05, 0) is 24.6 Å². The minimum Gasteiger partial charge on any atom is -0.235 e. The smallest absolute Gasteiger partial charge is 0.154 e. The molecule has 72 valence electrons. The van der Waals surface area contributed by atoms with Crippen molar-refractivity contribution in [1.29, 1.82) is 0 Å². The Hall–Kier alpha value is -1.35. The second-order valence-electron chi connectivity index (χ2n) is 2.86. The van der Waals surface area contributed by atoms with Crippen LogP contribution in [0.15, 0.2) is 30.6 Å². The Balaban J connectivity index is 2.34. The van der Waals surface area contributed by atoms with E-state index in [1.165, 1.54) is 0 Å².